The largest absolute Gasteiger partial charge is 0.355 e. The maximum atomic E-state index is 11.4. The highest BCUT2D eigenvalue weighted by molar-refractivity contribution is 5.77. The van der Waals surface area contributed by atoms with Crippen LogP contribution in [0.3, 0.4) is 0 Å². The van der Waals surface area contributed by atoms with Crippen molar-refractivity contribution in [1.29, 1.82) is 0 Å². The molecule has 1 unspecified atom stereocenters. The Labute approximate surface area is 100 Å². The number of nitrogens with one attached hydrogen (secondary N) is 2. The average Bonchev–Trinajstić information content (AvgIpc) is 2.13. The topological polar surface area (TPSA) is 41.1 Å². The van der Waals surface area contributed by atoms with E-state index < -0.39 is 0 Å². The zero-order valence-electron chi connectivity index (χ0n) is 11.5. The van der Waals surface area contributed by atoms with E-state index in [0.717, 1.165) is 19.4 Å². The van der Waals surface area contributed by atoms with E-state index in [1.165, 1.54) is 0 Å². The molecule has 0 aliphatic rings. The Morgan fingerprint density at radius 3 is 2.19 bits per heavy atom. The third-order valence-electron chi connectivity index (χ3n) is 2.48. The van der Waals surface area contributed by atoms with Gasteiger partial charge in [0.25, 0.3) is 0 Å². The van der Waals surface area contributed by atoms with Crippen LogP contribution in [0.2, 0.25) is 0 Å². The van der Waals surface area contributed by atoms with Crippen molar-refractivity contribution in [2.24, 2.45) is 11.8 Å². The summed E-state index contributed by atoms with van der Waals surface area (Å²) in [5, 5.41) is 6.16. The molecule has 0 aromatic carbocycles. The lowest BCUT2D eigenvalue weighted by molar-refractivity contribution is -0.120. The molecule has 1 amide bonds. The molecule has 3 nitrogen and oxygen atoms in total. The summed E-state index contributed by atoms with van der Waals surface area (Å²) in [6.45, 7) is 12.1. The molecular formula is C13H28N2O. The van der Waals surface area contributed by atoms with E-state index in [1.54, 1.807) is 0 Å². The molecule has 1 atom stereocenters. The van der Waals surface area contributed by atoms with E-state index in [4.69, 9.17) is 0 Å². The van der Waals surface area contributed by atoms with Gasteiger partial charge >= 0.3 is 0 Å². The highest BCUT2D eigenvalue weighted by Gasteiger charge is 2.06. The highest BCUT2D eigenvalue weighted by Crippen LogP contribution is 2.03. The van der Waals surface area contributed by atoms with Crippen LogP contribution in [0.1, 0.15) is 47.5 Å². The Kier molecular flexibility index (Phi) is 8.26. The van der Waals surface area contributed by atoms with Crippen molar-refractivity contribution in [3.05, 3.63) is 0 Å². The molecule has 0 radical (unpaired) electrons. The number of hydrogen-bond acceptors (Lipinski definition) is 2. The first-order valence-electron chi connectivity index (χ1n) is 6.41. The van der Waals surface area contributed by atoms with Crippen LogP contribution < -0.4 is 10.6 Å². The van der Waals surface area contributed by atoms with Gasteiger partial charge in [0.05, 0.1) is 6.54 Å². The zero-order chi connectivity index (χ0) is 12.6. The average molecular weight is 228 g/mol. The highest BCUT2D eigenvalue weighted by atomic mass is 16.1. The molecule has 3 heteroatoms. The second-order valence-electron chi connectivity index (χ2n) is 5.44. The van der Waals surface area contributed by atoms with Crippen molar-refractivity contribution in [3.63, 3.8) is 0 Å². The van der Waals surface area contributed by atoms with Crippen molar-refractivity contribution in [2.45, 2.75) is 53.5 Å². The van der Waals surface area contributed by atoms with Gasteiger partial charge in [-0.15, -0.1) is 0 Å². The minimum Gasteiger partial charge on any atom is -0.355 e. The molecule has 0 saturated heterocycles. The summed E-state index contributed by atoms with van der Waals surface area (Å²) in [7, 11) is 0. The molecule has 0 rings (SSSR count). The van der Waals surface area contributed by atoms with Crippen molar-refractivity contribution in [3.8, 4) is 0 Å². The number of hydrogen-bond donors (Lipinski definition) is 2. The molecule has 16 heavy (non-hydrogen) atoms. The summed E-state index contributed by atoms with van der Waals surface area (Å²) < 4.78 is 0. The zero-order valence-corrected chi connectivity index (χ0v) is 11.5. The summed E-state index contributed by atoms with van der Waals surface area (Å²) in [6, 6.07) is 0.413. The van der Waals surface area contributed by atoms with Gasteiger partial charge in [-0.05, 0) is 31.6 Å². The van der Waals surface area contributed by atoms with Crippen LogP contribution in [-0.4, -0.2) is 25.0 Å². The molecule has 0 spiro atoms. The van der Waals surface area contributed by atoms with Gasteiger partial charge in [-0.1, -0.05) is 27.7 Å². The Bertz CT molecular complexity index is 190. The summed E-state index contributed by atoms with van der Waals surface area (Å²) in [5.41, 5.74) is 0. The van der Waals surface area contributed by atoms with Crippen molar-refractivity contribution < 1.29 is 4.79 Å². The first kappa shape index (κ1) is 15.4. The Hall–Kier alpha value is -0.570. The van der Waals surface area contributed by atoms with Gasteiger partial charge in [0, 0.05) is 12.6 Å². The van der Waals surface area contributed by atoms with Crippen LogP contribution in [-0.2, 0) is 4.79 Å². The second-order valence-corrected chi connectivity index (χ2v) is 5.44. The minimum atomic E-state index is 0.108. The molecule has 0 bridgehead atoms. The normalized spacial score (nSPS) is 13.2. The van der Waals surface area contributed by atoms with Crippen molar-refractivity contribution >= 4 is 5.91 Å². The summed E-state index contributed by atoms with van der Waals surface area (Å²) >= 11 is 0. The van der Waals surface area contributed by atoms with E-state index >= 15 is 0 Å². The first-order valence-corrected chi connectivity index (χ1v) is 6.41. The van der Waals surface area contributed by atoms with Gasteiger partial charge in [0.1, 0.15) is 0 Å². The maximum absolute atomic E-state index is 11.4. The first-order chi connectivity index (χ1) is 7.41. The third-order valence-corrected chi connectivity index (χ3v) is 2.48. The lowest BCUT2D eigenvalue weighted by Crippen LogP contribution is -2.39. The quantitative estimate of drug-likeness (QED) is 0.668. The van der Waals surface area contributed by atoms with Crippen molar-refractivity contribution in [1.82, 2.24) is 10.6 Å². The van der Waals surface area contributed by atoms with Gasteiger partial charge < -0.3 is 10.6 Å². The predicted octanol–water partition coefficient (Wildman–Crippen LogP) is 2.17. The molecule has 0 aromatic rings. The second kappa shape index (κ2) is 8.57. The summed E-state index contributed by atoms with van der Waals surface area (Å²) in [4.78, 5) is 11.4. The molecular weight excluding hydrogens is 200 g/mol. The fourth-order valence-corrected chi connectivity index (χ4v) is 1.62. The van der Waals surface area contributed by atoms with E-state index in [0.29, 0.717) is 24.4 Å². The molecule has 0 saturated carbocycles. The standard InChI is InChI=1S/C13H28N2O/c1-10(2)6-7-14-13(16)9-15-12(5)8-11(3)4/h10-12,15H,6-9H2,1-5H3,(H,14,16). The van der Waals surface area contributed by atoms with Crippen LogP contribution >= 0.6 is 0 Å². The van der Waals surface area contributed by atoms with Gasteiger partial charge in [-0.2, -0.15) is 0 Å². The van der Waals surface area contributed by atoms with E-state index in [1.807, 2.05) is 0 Å². The van der Waals surface area contributed by atoms with E-state index in [-0.39, 0.29) is 5.91 Å². The molecule has 0 aliphatic heterocycles. The predicted molar refractivity (Wildman–Crippen MR) is 69.4 cm³/mol. The van der Waals surface area contributed by atoms with Gasteiger partial charge in [-0.25, -0.2) is 0 Å². The number of carbonyl (C=O) groups is 1. The molecule has 0 aliphatic carbocycles. The fraction of sp³-hybridized carbons (Fsp3) is 0.923. The summed E-state index contributed by atoms with van der Waals surface area (Å²) in [5.74, 6) is 1.43. The number of carbonyl (C=O) groups excluding carboxylic acids is 1. The SMILES string of the molecule is CC(C)CCNC(=O)CNC(C)CC(C)C. The Morgan fingerprint density at radius 1 is 1.06 bits per heavy atom. The van der Waals surface area contributed by atoms with E-state index in [9.17, 15) is 4.79 Å². The number of amides is 1. The van der Waals surface area contributed by atoms with Gasteiger partial charge in [0.15, 0.2) is 0 Å². The smallest absolute Gasteiger partial charge is 0.233 e. The maximum Gasteiger partial charge on any atom is 0.233 e. The molecule has 0 aromatic heterocycles. The third kappa shape index (κ3) is 9.97. The van der Waals surface area contributed by atoms with Crippen LogP contribution in [0.4, 0.5) is 0 Å². The van der Waals surface area contributed by atoms with Gasteiger partial charge in [-0.3, -0.25) is 4.79 Å². The fourth-order valence-electron chi connectivity index (χ4n) is 1.62. The van der Waals surface area contributed by atoms with Crippen molar-refractivity contribution in [2.75, 3.05) is 13.1 Å². The molecule has 0 fully saturated rings. The van der Waals surface area contributed by atoms with Gasteiger partial charge in [0.2, 0.25) is 5.91 Å². The van der Waals surface area contributed by atoms with Crippen LogP contribution in [0.15, 0.2) is 0 Å². The molecule has 96 valence electrons. The minimum absolute atomic E-state index is 0.108. The molecule has 2 N–H and O–H groups in total. The van der Waals surface area contributed by atoms with Crippen LogP contribution in [0, 0.1) is 11.8 Å². The van der Waals surface area contributed by atoms with E-state index in [2.05, 4.69) is 45.3 Å². The lowest BCUT2D eigenvalue weighted by atomic mass is 10.1. The monoisotopic (exact) mass is 228 g/mol. The Morgan fingerprint density at radius 2 is 1.69 bits per heavy atom. The molecule has 0 heterocycles. The lowest BCUT2D eigenvalue weighted by Gasteiger charge is -2.15. The number of rotatable bonds is 8. The van der Waals surface area contributed by atoms with Crippen LogP contribution in [0.5, 0.6) is 0 Å². The summed E-state index contributed by atoms with van der Waals surface area (Å²) in [6.07, 6.45) is 2.16. The Balaban J connectivity index is 3.49. The van der Waals surface area contributed by atoms with Crippen LogP contribution in [0.25, 0.3) is 0 Å².